The van der Waals surface area contributed by atoms with E-state index in [9.17, 15) is 9.59 Å². The minimum Gasteiger partial charge on any atom is -0.493 e. The molecule has 7 nitrogen and oxygen atoms in total. The highest BCUT2D eigenvalue weighted by atomic mass is 16.5. The Balaban J connectivity index is 1.80. The number of rotatable bonds is 8. The molecule has 0 unspecified atom stereocenters. The first kappa shape index (κ1) is 22.9. The molecule has 1 aromatic heterocycles. The van der Waals surface area contributed by atoms with E-state index in [0.717, 1.165) is 22.6 Å². The van der Waals surface area contributed by atoms with Gasteiger partial charge in [-0.1, -0.05) is 17.7 Å². The standard InChI is InChI=1S/C25H27NO6/c1-15-7-9-18(10-8-15)26-16(2)13-20(17(26)3)21(27)14-32-25(28)19-11-12-22(29-4)24(31-6)23(19)30-5/h7-13H,14H2,1-6H3. The molecular formula is C25H27NO6. The molecular weight excluding hydrogens is 410 g/mol. The molecule has 168 valence electrons. The number of nitrogens with zero attached hydrogens (tertiary/aromatic N) is 1. The summed E-state index contributed by atoms with van der Waals surface area (Å²) in [5.41, 5.74) is 4.48. The van der Waals surface area contributed by atoms with E-state index in [1.165, 1.54) is 27.4 Å². The summed E-state index contributed by atoms with van der Waals surface area (Å²) in [6, 6.07) is 13.0. The molecule has 0 saturated carbocycles. The van der Waals surface area contributed by atoms with E-state index in [0.29, 0.717) is 11.3 Å². The van der Waals surface area contributed by atoms with Crippen LogP contribution >= 0.6 is 0 Å². The van der Waals surface area contributed by atoms with E-state index < -0.39 is 12.6 Å². The monoisotopic (exact) mass is 437 g/mol. The summed E-state index contributed by atoms with van der Waals surface area (Å²) in [4.78, 5) is 25.5. The summed E-state index contributed by atoms with van der Waals surface area (Å²) >= 11 is 0. The average molecular weight is 437 g/mol. The quantitative estimate of drug-likeness (QED) is 0.382. The number of aryl methyl sites for hydroxylation is 2. The van der Waals surface area contributed by atoms with Crippen molar-refractivity contribution in [2.24, 2.45) is 0 Å². The maximum absolute atomic E-state index is 12.9. The highest BCUT2D eigenvalue weighted by Gasteiger charge is 2.23. The largest absolute Gasteiger partial charge is 0.493 e. The molecule has 0 atom stereocenters. The molecule has 32 heavy (non-hydrogen) atoms. The van der Waals surface area contributed by atoms with Gasteiger partial charge in [-0.15, -0.1) is 0 Å². The van der Waals surface area contributed by atoms with E-state index in [2.05, 4.69) is 0 Å². The Morgan fingerprint density at radius 2 is 1.47 bits per heavy atom. The molecule has 1 heterocycles. The van der Waals surface area contributed by atoms with Crippen LogP contribution in [0.1, 0.15) is 37.7 Å². The summed E-state index contributed by atoms with van der Waals surface area (Å²) < 4.78 is 23.2. The Morgan fingerprint density at radius 3 is 2.06 bits per heavy atom. The van der Waals surface area contributed by atoms with E-state index >= 15 is 0 Å². The Labute approximate surface area is 187 Å². The van der Waals surface area contributed by atoms with Crippen molar-refractivity contribution in [1.29, 1.82) is 0 Å². The molecule has 0 bridgehead atoms. The maximum atomic E-state index is 12.9. The van der Waals surface area contributed by atoms with Crippen LogP contribution in [0, 0.1) is 20.8 Å². The second-order valence-corrected chi connectivity index (χ2v) is 7.34. The molecule has 0 aliphatic rings. The lowest BCUT2D eigenvalue weighted by atomic mass is 10.1. The second-order valence-electron chi connectivity index (χ2n) is 7.34. The van der Waals surface area contributed by atoms with Crippen molar-refractivity contribution in [2.75, 3.05) is 27.9 Å². The zero-order valence-corrected chi connectivity index (χ0v) is 19.1. The summed E-state index contributed by atoms with van der Waals surface area (Å²) in [6.07, 6.45) is 0. The number of Topliss-reactive ketones (excluding diaryl/α,β-unsaturated/α-hetero) is 1. The molecule has 3 aromatic rings. The molecule has 7 heteroatoms. The molecule has 0 N–H and O–H groups in total. The zero-order valence-electron chi connectivity index (χ0n) is 19.1. The van der Waals surface area contributed by atoms with Crippen LogP contribution in [-0.2, 0) is 4.74 Å². The summed E-state index contributed by atoms with van der Waals surface area (Å²) in [6.45, 7) is 5.44. The minimum atomic E-state index is -0.691. The zero-order chi connectivity index (χ0) is 23.4. The number of methoxy groups -OCH3 is 3. The van der Waals surface area contributed by atoms with Gasteiger partial charge in [0.2, 0.25) is 11.5 Å². The van der Waals surface area contributed by atoms with Gasteiger partial charge in [0.1, 0.15) is 5.56 Å². The van der Waals surface area contributed by atoms with Crippen molar-refractivity contribution in [3.8, 4) is 22.9 Å². The van der Waals surface area contributed by atoms with Crippen molar-refractivity contribution in [1.82, 2.24) is 4.57 Å². The molecule has 3 rings (SSSR count). The van der Waals surface area contributed by atoms with Crippen molar-refractivity contribution in [3.63, 3.8) is 0 Å². The van der Waals surface area contributed by atoms with Crippen LogP contribution in [0.2, 0.25) is 0 Å². The van der Waals surface area contributed by atoms with Crippen LogP contribution in [0.3, 0.4) is 0 Å². The number of ketones is 1. The van der Waals surface area contributed by atoms with Crippen molar-refractivity contribution in [3.05, 3.63) is 70.5 Å². The fourth-order valence-electron chi connectivity index (χ4n) is 3.68. The Bertz CT molecular complexity index is 1140. The lowest BCUT2D eigenvalue weighted by Crippen LogP contribution is -2.16. The number of ether oxygens (including phenoxy) is 4. The first-order chi connectivity index (χ1) is 15.3. The molecule has 0 fully saturated rings. The number of carbonyl (C=O) groups excluding carboxylic acids is 2. The number of hydrogen-bond donors (Lipinski definition) is 0. The van der Waals surface area contributed by atoms with E-state index in [1.807, 2.05) is 55.7 Å². The Hall–Kier alpha value is -3.74. The van der Waals surface area contributed by atoms with Crippen molar-refractivity contribution >= 4 is 11.8 Å². The lowest BCUT2D eigenvalue weighted by molar-refractivity contribution is 0.0470. The smallest absolute Gasteiger partial charge is 0.342 e. The predicted molar refractivity (Wildman–Crippen MR) is 121 cm³/mol. The first-order valence-electron chi connectivity index (χ1n) is 10.1. The van der Waals surface area contributed by atoms with Crippen LogP contribution in [-0.4, -0.2) is 44.3 Å². The van der Waals surface area contributed by atoms with Crippen molar-refractivity contribution < 1.29 is 28.5 Å². The van der Waals surface area contributed by atoms with Gasteiger partial charge in [-0.2, -0.15) is 0 Å². The summed E-state index contributed by atoms with van der Waals surface area (Å²) in [5.74, 6) is -0.104. The van der Waals surface area contributed by atoms with E-state index in [-0.39, 0.29) is 22.8 Å². The van der Waals surface area contributed by atoms with Gasteiger partial charge in [0.25, 0.3) is 0 Å². The first-order valence-corrected chi connectivity index (χ1v) is 10.1. The molecule has 0 amide bonds. The van der Waals surface area contributed by atoms with Gasteiger partial charge < -0.3 is 23.5 Å². The predicted octanol–water partition coefficient (Wildman–Crippen LogP) is 4.47. The molecule has 0 aliphatic heterocycles. The van der Waals surface area contributed by atoms with Gasteiger partial charge in [-0.25, -0.2) is 4.79 Å². The fraction of sp³-hybridized carbons (Fsp3) is 0.280. The maximum Gasteiger partial charge on any atom is 0.342 e. The van der Waals surface area contributed by atoms with Gasteiger partial charge in [0, 0.05) is 22.6 Å². The minimum absolute atomic E-state index is 0.142. The average Bonchev–Trinajstić information content (AvgIpc) is 3.10. The highest BCUT2D eigenvalue weighted by Crippen LogP contribution is 2.40. The number of esters is 1. The van der Waals surface area contributed by atoms with E-state index in [1.54, 1.807) is 6.07 Å². The van der Waals surface area contributed by atoms with Crippen LogP contribution in [0.4, 0.5) is 0 Å². The molecule has 2 aromatic carbocycles. The summed E-state index contributed by atoms with van der Waals surface area (Å²) in [7, 11) is 4.35. The number of aromatic nitrogens is 1. The van der Waals surface area contributed by atoms with Crippen LogP contribution in [0.25, 0.3) is 5.69 Å². The van der Waals surface area contributed by atoms with Crippen LogP contribution in [0.15, 0.2) is 42.5 Å². The fourth-order valence-corrected chi connectivity index (χ4v) is 3.68. The van der Waals surface area contributed by atoms with E-state index in [4.69, 9.17) is 18.9 Å². The second kappa shape index (κ2) is 9.60. The lowest BCUT2D eigenvalue weighted by Gasteiger charge is -2.15. The number of benzene rings is 2. The van der Waals surface area contributed by atoms with Gasteiger partial charge in [0.15, 0.2) is 18.1 Å². The van der Waals surface area contributed by atoms with Gasteiger partial charge >= 0.3 is 5.97 Å². The van der Waals surface area contributed by atoms with Crippen molar-refractivity contribution in [2.45, 2.75) is 20.8 Å². The molecule has 0 saturated heterocycles. The SMILES string of the molecule is COc1ccc(C(=O)OCC(=O)c2cc(C)n(-c3ccc(C)cc3)c2C)c(OC)c1OC. The number of carbonyl (C=O) groups is 2. The topological polar surface area (TPSA) is 76.0 Å². The van der Waals surface area contributed by atoms with Gasteiger partial charge in [-0.3, -0.25) is 4.79 Å². The third-order valence-electron chi connectivity index (χ3n) is 5.28. The Kier molecular flexibility index (Phi) is 6.88. The molecule has 0 spiro atoms. The number of hydrogen-bond acceptors (Lipinski definition) is 6. The highest BCUT2D eigenvalue weighted by molar-refractivity contribution is 6.01. The summed E-state index contributed by atoms with van der Waals surface area (Å²) in [5, 5.41) is 0. The van der Waals surface area contributed by atoms with Crippen LogP contribution in [0.5, 0.6) is 17.2 Å². The molecule has 0 aliphatic carbocycles. The third-order valence-corrected chi connectivity index (χ3v) is 5.28. The van der Waals surface area contributed by atoms with Gasteiger partial charge in [-0.05, 0) is 51.1 Å². The normalized spacial score (nSPS) is 10.6. The molecule has 0 radical (unpaired) electrons. The Morgan fingerprint density at radius 1 is 0.812 bits per heavy atom. The van der Waals surface area contributed by atoms with Crippen LogP contribution < -0.4 is 14.2 Å². The van der Waals surface area contributed by atoms with Gasteiger partial charge in [0.05, 0.1) is 21.3 Å². The third kappa shape index (κ3) is 4.32.